The first kappa shape index (κ1) is 26.7. The molecule has 0 aliphatic carbocycles. The van der Waals surface area contributed by atoms with Crippen molar-refractivity contribution in [1.82, 2.24) is 25.3 Å². The summed E-state index contributed by atoms with van der Waals surface area (Å²) in [6.45, 7) is 7.05. The van der Waals surface area contributed by atoms with Crippen LogP contribution in [0.1, 0.15) is 0 Å². The molecule has 2 fully saturated rings. The summed E-state index contributed by atoms with van der Waals surface area (Å²) in [6, 6.07) is 3.30. The first-order valence-corrected chi connectivity index (χ1v) is 13.0. The molecule has 4 rings (SSSR count). The molecule has 4 heterocycles. The molecule has 0 spiro atoms. The zero-order valence-corrected chi connectivity index (χ0v) is 21.2. The number of nitrogens with zero attached hydrogens (tertiary/aromatic N) is 5. The van der Waals surface area contributed by atoms with E-state index in [2.05, 4.69) is 30.2 Å². The number of thioether (sulfide) groups is 2. The van der Waals surface area contributed by atoms with E-state index in [4.69, 9.17) is 44.3 Å². The van der Waals surface area contributed by atoms with E-state index in [1.165, 1.54) is 29.6 Å². The van der Waals surface area contributed by atoms with Gasteiger partial charge in [0.15, 0.2) is 10.3 Å². The van der Waals surface area contributed by atoms with Gasteiger partial charge in [0.25, 0.3) is 0 Å². The zero-order valence-electron chi connectivity index (χ0n) is 17.3. The third-order valence-corrected chi connectivity index (χ3v) is 5.53. The van der Waals surface area contributed by atoms with E-state index in [1.54, 1.807) is 6.07 Å². The normalized spacial score (nSPS) is 16.0. The van der Waals surface area contributed by atoms with Crippen molar-refractivity contribution in [3.8, 4) is 0 Å². The predicted molar refractivity (Wildman–Crippen MR) is 129 cm³/mol. The molecule has 0 radical (unpaired) electrons. The Bertz CT molecular complexity index is 767. The van der Waals surface area contributed by atoms with Crippen molar-refractivity contribution < 1.29 is 9.47 Å². The lowest BCUT2D eigenvalue weighted by molar-refractivity contribution is 0.109. The molecule has 2 aliphatic rings. The van der Waals surface area contributed by atoms with Crippen molar-refractivity contribution in [3.05, 3.63) is 27.6 Å². The third kappa shape index (κ3) is 10.7. The fourth-order valence-corrected chi connectivity index (χ4v) is 3.91. The van der Waals surface area contributed by atoms with Gasteiger partial charge in [0.05, 0.1) is 26.4 Å². The van der Waals surface area contributed by atoms with E-state index in [9.17, 15) is 0 Å². The summed E-state index contributed by atoms with van der Waals surface area (Å²) >= 11 is 20.0. The maximum Gasteiger partial charge on any atom is 0.190 e. The topological polar surface area (TPSA) is 85.3 Å². The second-order valence-corrected chi connectivity index (χ2v) is 8.71. The molecule has 2 aromatic rings. The standard InChI is InChI=1S/C9H12ClN3OS.C5H4Cl2N2S.C4H9NO/c1-15-9-11-7(10)6-8(12-9)13-2-4-14-5-3-13;1-10-5-8-3(6)2-4(7)9-5;1-3-6-4-2-5-1/h6H,2-5H2,1H3;2H,1H3;5H,1-4H2. The number of anilines is 1. The number of hydrogen-bond acceptors (Lipinski definition) is 10. The minimum Gasteiger partial charge on any atom is -0.379 e. The second-order valence-electron chi connectivity index (χ2n) is 6.00. The average Bonchev–Trinajstić information content (AvgIpc) is 2.80. The van der Waals surface area contributed by atoms with Gasteiger partial charge in [-0.3, -0.25) is 0 Å². The van der Waals surface area contributed by atoms with Crippen LogP contribution in [0.3, 0.4) is 0 Å². The molecule has 0 atom stereocenters. The molecule has 8 nitrogen and oxygen atoms in total. The van der Waals surface area contributed by atoms with Gasteiger partial charge in [-0.05, 0) is 12.5 Å². The molecule has 0 amide bonds. The number of hydrogen-bond donors (Lipinski definition) is 1. The Hall–Kier alpha value is -0.590. The Morgan fingerprint density at radius 2 is 1.26 bits per heavy atom. The number of ether oxygens (including phenoxy) is 2. The van der Waals surface area contributed by atoms with Gasteiger partial charge in [0, 0.05) is 38.3 Å². The Balaban J connectivity index is 0.000000183. The van der Waals surface area contributed by atoms with E-state index in [0.29, 0.717) is 25.8 Å². The summed E-state index contributed by atoms with van der Waals surface area (Å²) in [4.78, 5) is 18.5. The van der Waals surface area contributed by atoms with Gasteiger partial charge in [-0.25, -0.2) is 19.9 Å². The van der Waals surface area contributed by atoms with Crippen LogP contribution in [0, 0.1) is 0 Å². The van der Waals surface area contributed by atoms with Crippen LogP contribution in [0.15, 0.2) is 22.4 Å². The lowest BCUT2D eigenvalue weighted by Gasteiger charge is -2.27. The summed E-state index contributed by atoms with van der Waals surface area (Å²) in [7, 11) is 0. The molecule has 0 saturated carbocycles. The molecule has 172 valence electrons. The molecule has 31 heavy (non-hydrogen) atoms. The molecule has 2 aliphatic heterocycles. The van der Waals surface area contributed by atoms with E-state index >= 15 is 0 Å². The van der Waals surface area contributed by atoms with E-state index in [1.807, 2.05) is 12.5 Å². The van der Waals surface area contributed by atoms with Crippen molar-refractivity contribution >= 4 is 64.1 Å². The largest absolute Gasteiger partial charge is 0.379 e. The van der Waals surface area contributed by atoms with Gasteiger partial charge in [-0.2, -0.15) is 0 Å². The molecule has 1 N–H and O–H groups in total. The Kier molecular flexibility index (Phi) is 13.1. The molecule has 0 aromatic carbocycles. The molecule has 2 saturated heterocycles. The number of aromatic nitrogens is 4. The highest BCUT2D eigenvalue weighted by molar-refractivity contribution is 7.98. The number of rotatable bonds is 3. The number of halogens is 3. The lowest BCUT2D eigenvalue weighted by Crippen LogP contribution is -2.36. The smallest absolute Gasteiger partial charge is 0.190 e. The summed E-state index contributed by atoms with van der Waals surface area (Å²) < 4.78 is 10.3. The molecular formula is C18H25Cl3N6O2S2. The minimum atomic E-state index is 0.379. The lowest BCUT2D eigenvalue weighted by atomic mass is 10.4. The molecule has 2 aromatic heterocycles. The molecule has 0 bridgehead atoms. The van der Waals surface area contributed by atoms with Gasteiger partial charge in [0.1, 0.15) is 21.3 Å². The van der Waals surface area contributed by atoms with Gasteiger partial charge < -0.3 is 19.7 Å². The highest BCUT2D eigenvalue weighted by Gasteiger charge is 2.14. The van der Waals surface area contributed by atoms with E-state index in [0.717, 1.165) is 58.4 Å². The third-order valence-electron chi connectivity index (χ3n) is 3.85. The van der Waals surface area contributed by atoms with Gasteiger partial charge in [-0.1, -0.05) is 58.3 Å². The van der Waals surface area contributed by atoms with Crippen molar-refractivity contribution in [1.29, 1.82) is 0 Å². The fraction of sp³-hybridized carbons (Fsp3) is 0.556. The summed E-state index contributed by atoms with van der Waals surface area (Å²) in [5.41, 5.74) is 0. The first-order valence-electron chi connectivity index (χ1n) is 9.45. The van der Waals surface area contributed by atoms with Gasteiger partial charge in [0.2, 0.25) is 0 Å². The summed E-state index contributed by atoms with van der Waals surface area (Å²) in [5.74, 6) is 0.891. The fourth-order valence-electron chi connectivity index (χ4n) is 2.41. The first-order chi connectivity index (χ1) is 15.0. The summed E-state index contributed by atoms with van der Waals surface area (Å²) in [6.07, 6.45) is 3.80. The van der Waals surface area contributed by atoms with Crippen LogP contribution in [-0.2, 0) is 9.47 Å². The van der Waals surface area contributed by atoms with Crippen LogP contribution < -0.4 is 10.2 Å². The Morgan fingerprint density at radius 3 is 1.71 bits per heavy atom. The quantitative estimate of drug-likeness (QED) is 0.361. The number of morpholine rings is 2. The minimum absolute atomic E-state index is 0.379. The predicted octanol–water partition coefficient (Wildman–Crippen LogP) is 3.80. The zero-order chi connectivity index (χ0) is 22.5. The Morgan fingerprint density at radius 1 is 0.774 bits per heavy atom. The molecule has 13 heteroatoms. The monoisotopic (exact) mass is 526 g/mol. The van der Waals surface area contributed by atoms with E-state index in [-0.39, 0.29) is 0 Å². The van der Waals surface area contributed by atoms with Gasteiger partial charge >= 0.3 is 0 Å². The number of nitrogens with one attached hydrogen (secondary N) is 1. The highest BCUT2D eigenvalue weighted by atomic mass is 35.5. The SMILES string of the molecule is C1COCCN1.CSc1nc(Cl)cc(Cl)n1.CSc1nc(Cl)cc(N2CCOCC2)n1. The van der Waals surface area contributed by atoms with Crippen LogP contribution in [0.4, 0.5) is 5.82 Å². The average molecular weight is 528 g/mol. The van der Waals surface area contributed by atoms with E-state index < -0.39 is 0 Å². The maximum absolute atomic E-state index is 5.93. The van der Waals surface area contributed by atoms with Crippen LogP contribution in [-0.4, -0.2) is 85.1 Å². The molecular weight excluding hydrogens is 503 g/mol. The van der Waals surface area contributed by atoms with Crippen LogP contribution in [0.5, 0.6) is 0 Å². The van der Waals surface area contributed by atoms with Crippen molar-refractivity contribution in [2.45, 2.75) is 10.3 Å². The summed E-state index contributed by atoms with van der Waals surface area (Å²) in [5, 5.41) is 5.72. The van der Waals surface area contributed by atoms with Crippen LogP contribution >= 0.6 is 58.3 Å². The van der Waals surface area contributed by atoms with Crippen LogP contribution in [0.2, 0.25) is 15.5 Å². The van der Waals surface area contributed by atoms with Crippen LogP contribution in [0.25, 0.3) is 0 Å². The van der Waals surface area contributed by atoms with Crippen molar-refractivity contribution in [2.24, 2.45) is 0 Å². The van der Waals surface area contributed by atoms with Crippen molar-refractivity contribution in [2.75, 3.05) is 70.0 Å². The molecule has 0 unspecified atom stereocenters. The highest BCUT2D eigenvalue weighted by Crippen LogP contribution is 2.21. The maximum atomic E-state index is 5.93. The van der Waals surface area contributed by atoms with Gasteiger partial charge in [-0.15, -0.1) is 0 Å². The second kappa shape index (κ2) is 15.3. The Labute approximate surface area is 206 Å². The van der Waals surface area contributed by atoms with Crippen molar-refractivity contribution in [3.63, 3.8) is 0 Å².